The Morgan fingerprint density at radius 2 is 1.50 bits per heavy atom. The largest absolute Gasteiger partial charge is 0.338 e. The standard InChI is InChI=1S/C22H24N2O2/c1-3-24(4-2)22(26)20(17-11-14-18-12-7-5-8-13-18)23-21(25)19-15-9-6-10-16-19/h5-17H,3-4H2,1-2H3,(H,23,25). The molecule has 0 atom stereocenters. The van der Waals surface area contributed by atoms with Gasteiger partial charge in [0.15, 0.2) is 0 Å². The Morgan fingerprint density at radius 1 is 0.923 bits per heavy atom. The van der Waals surface area contributed by atoms with Crippen LogP contribution in [-0.2, 0) is 4.79 Å². The van der Waals surface area contributed by atoms with Crippen molar-refractivity contribution < 1.29 is 9.59 Å². The maximum atomic E-state index is 12.7. The van der Waals surface area contributed by atoms with Crippen LogP contribution in [0.2, 0.25) is 0 Å². The summed E-state index contributed by atoms with van der Waals surface area (Å²) in [5.41, 5.74) is 1.79. The lowest BCUT2D eigenvalue weighted by Crippen LogP contribution is -2.38. The van der Waals surface area contributed by atoms with E-state index in [-0.39, 0.29) is 17.5 Å². The van der Waals surface area contributed by atoms with E-state index in [0.717, 1.165) is 5.56 Å². The third kappa shape index (κ3) is 5.45. The molecule has 0 aliphatic heterocycles. The van der Waals surface area contributed by atoms with E-state index >= 15 is 0 Å². The van der Waals surface area contributed by atoms with E-state index in [9.17, 15) is 9.59 Å². The first-order valence-electron chi connectivity index (χ1n) is 8.74. The highest BCUT2D eigenvalue weighted by atomic mass is 16.2. The summed E-state index contributed by atoms with van der Waals surface area (Å²) < 4.78 is 0. The minimum absolute atomic E-state index is 0.197. The molecule has 0 aromatic heterocycles. The molecule has 0 spiro atoms. The molecule has 0 unspecified atom stereocenters. The summed E-state index contributed by atoms with van der Waals surface area (Å²) in [4.78, 5) is 26.8. The molecule has 4 heteroatoms. The number of amides is 2. The molecule has 0 heterocycles. The highest BCUT2D eigenvalue weighted by Gasteiger charge is 2.17. The molecule has 0 saturated heterocycles. The second kappa shape index (κ2) is 9.99. The first-order chi connectivity index (χ1) is 12.7. The van der Waals surface area contributed by atoms with Gasteiger partial charge in [-0.05, 0) is 37.6 Å². The molecule has 2 aromatic rings. The van der Waals surface area contributed by atoms with Crippen LogP contribution in [0.25, 0.3) is 6.08 Å². The monoisotopic (exact) mass is 348 g/mol. The Bertz CT molecular complexity index is 776. The number of allylic oxidation sites excluding steroid dienone is 2. The predicted octanol–water partition coefficient (Wildman–Crippen LogP) is 3.88. The molecule has 4 nitrogen and oxygen atoms in total. The van der Waals surface area contributed by atoms with Gasteiger partial charge in [0.05, 0.1) is 0 Å². The van der Waals surface area contributed by atoms with Crippen molar-refractivity contribution in [3.63, 3.8) is 0 Å². The number of rotatable bonds is 7. The molecule has 0 radical (unpaired) electrons. The van der Waals surface area contributed by atoms with Gasteiger partial charge in [-0.25, -0.2) is 0 Å². The Hall–Kier alpha value is -3.14. The van der Waals surface area contributed by atoms with Crippen molar-refractivity contribution in [1.29, 1.82) is 0 Å². The zero-order valence-electron chi connectivity index (χ0n) is 15.2. The molecule has 2 aromatic carbocycles. The van der Waals surface area contributed by atoms with Crippen molar-refractivity contribution in [2.75, 3.05) is 13.1 Å². The lowest BCUT2D eigenvalue weighted by molar-refractivity contribution is -0.127. The quantitative estimate of drug-likeness (QED) is 0.610. The van der Waals surface area contributed by atoms with Crippen LogP contribution in [0.4, 0.5) is 0 Å². The van der Waals surface area contributed by atoms with Crippen LogP contribution in [0, 0.1) is 0 Å². The summed E-state index contributed by atoms with van der Waals surface area (Å²) in [5.74, 6) is -0.498. The van der Waals surface area contributed by atoms with E-state index in [0.29, 0.717) is 18.7 Å². The van der Waals surface area contributed by atoms with Gasteiger partial charge >= 0.3 is 0 Å². The van der Waals surface area contributed by atoms with Crippen LogP contribution in [0.15, 0.2) is 78.5 Å². The van der Waals surface area contributed by atoms with E-state index in [1.54, 1.807) is 41.3 Å². The van der Waals surface area contributed by atoms with Crippen LogP contribution in [0.1, 0.15) is 29.8 Å². The van der Waals surface area contributed by atoms with Crippen LogP contribution in [0.3, 0.4) is 0 Å². The Balaban J connectivity index is 2.23. The molecular formula is C22H24N2O2. The summed E-state index contributed by atoms with van der Waals surface area (Å²) in [5, 5.41) is 2.75. The Morgan fingerprint density at radius 3 is 2.08 bits per heavy atom. The van der Waals surface area contributed by atoms with Crippen molar-refractivity contribution in [3.8, 4) is 0 Å². The van der Waals surface area contributed by atoms with Gasteiger partial charge in [-0.2, -0.15) is 0 Å². The molecule has 2 rings (SSSR count). The van der Waals surface area contributed by atoms with Crippen LogP contribution in [0.5, 0.6) is 0 Å². The number of nitrogens with one attached hydrogen (secondary N) is 1. The molecule has 0 bridgehead atoms. The third-order valence-corrected chi connectivity index (χ3v) is 3.92. The lowest BCUT2D eigenvalue weighted by atomic mass is 10.2. The smallest absolute Gasteiger partial charge is 0.270 e. The maximum Gasteiger partial charge on any atom is 0.270 e. The van der Waals surface area contributed by atoms with Crippen LogP contribution < -0.4 is 5.32 Å². The molecule has 2 amide bonds. The number of likely N-dealkylation sites (N-methyl/N-ethyl adjacent to an activating group) is 1. The molecule has 0 aliphatic rings. The summed E-state index contributed by atoms with van der Waals surface area (Å²) in [7, 11) is 0. The lowest BCUT2D eigenvalue weighted by Gasteiger charge is -2.20. The number of nitrogens with zero attached hydrogens (tertiary/aromatic N) is 1. The molecule has 0 fully saturated rings. The van der Waals surface area contributed by atoms with Crippen LogP contribution >= 0.6 is 0 Å². The highest BCUT2D eigenvalue weighted by Crippen LogP contribution is 2.06. The third-order valence-electron chi connectivity index (χ3n) is 3.92. The topological polar surface area (TPSA) is 49.4 Å². The first-order valence-corrected chi connectivity index (χ1v) is 8.74. The van der Waals surface area contributed by atoms with Gasteiger partial charge in [-0.15, -0.1) is 0 Å². The van der Waals surface area contributed by atoms with E-state index in [2.05, 4.69) is 5.32 Å². The molecule has 134 valence electrons. The maximum absolute atomic E-state index is 12.7. The normalized spacial score (nSPS) is 11.4. The Labute approximate surface area is 154 Å². The van der Waals surface area contributed by atoms with E-state index < -0.39 is 0 Å². The van der Waals surface area contributed by atoms with Crippen molar-refractivity contribution in [2.45, 2.75) is 13.8 Å². The fraction of sp³-hybridized carbons (Fsp3) is 0.182. The number of hydrogen-bond donors (Lipinski definition) is 1. The SMILES string of the molecule is CCN(CC)C(=O)C(=CC=Cc1ccccc1)NC(=O)c1ccccc1. The fourth-order valence-electron chi connectivity index (χ4n) is 2.45. The number of carbonyl (C=O) groups excluding carboxylic acids is 2. The average molecular weight is 348 g/mol. The van der Waals surface area contributed by atoms with Crippen molar-refractivity contribution >= 4 is 17.9 Å². The zero-order valence-corrected chi connectivity index (χ0v) is 15.2. The molecule has 0 saturated carbocycles. The van der Waals surface area contributed by atoms with Gasteiger partial charge in [-0.1, -0.05) is 60.7 Å². The minimum Gasteiger partial charge on any atom is -0.338 e. The first kappa shape index (κ1) is 19.2. The van der Waals surface area contributed by atoms with Crippen molar-refractivity contribution in [3.05, 3.63) is 89.6 Å². The summed E-state index contributed by atoms with van der Waals surface area (Å²) in [6, 6.07) is 18.6. The summed E-state index contributed by atoms with van der Waals surface area (Å²) in [6.45, 7) is 4.99. The van der Waals surface area contributed by atoms with E-state index in [4.69, 9.17) is 0 Å². The second-order valence-electron chi connectivity index (χ2n) is 5.65. The number of hydrogen-bond acceptors (Lipinski definition) is 2. The average Bonchev–Trinajstić information content (AvgIpc) is 2.69. The molecule has 0 aliphatic carbocycles. The van der Waals surface area contributed by atoms with Gasteiger partial charge in [0, 0.05) is 18.7 Å². The van der Waals surface area contributed by atoms with Gasteiger partial charge in [-0.3, -0.25) is 9.59 Å². The van der Waals surface area contributed by atoms with Gasteiger partial charge in [0.1, 0.15) is 5.70 Å². The zero-order chi connectivity index (χ0) is 18.8. The highest BCUT2D eigenvalue weighted by molar-refractivity contribution is 6.03. The minimum atomic E-state index is -0.300. The summed E-state index contributed by atoms with van der Waals surface area (Å²) >= 11 is 0. The molecule has 26 heavy (non-hydrogen) atoms. The second-order valence-corrected chi connectivity index (χ2v) is 5.65. The number of carbonyl (C=O) groups is 2. The summed E-state index contributed by atoms with van der Waals surface area (Å²) in [6.07, 6.45) is 5.32. The van der Waals surface area contributed by atoms with Crippen LogP contribution in [-0.4, -0.2) is 29.8 Å². The molecular weight excluding hydrogens is 324 g/mol. The van der Waals surface area contributed by atoms with Gasteiger partial charge in [0.25, 0.3) is 11.8 Å². The van der Waals surface area contributed by atoms with Crippen molar-refractivity contribution in [1.82, 2.24) is 10.2 Å². The van der Waals surface area contributed by atoms with Crippen molar-refractivity contribution in [2.24, 2.45) is 0 Å². The fourth-order valence-corrected chi connectivity index (χ4v) is 2.45. The predicted molar refractivity (Wildman–Crippen MR) is 105 cm³/mol. The molecule has 1 N–H and O–H groups in total. The van der Waals surface area contributed by atoms with E-state index in [1.807, 2.05) is 56.3 Å². The van der Waals surface area contributed by atoms with E-state index in [1.165, 1.54) is 0 Å². The number of benzene rings is 2. The van der Waals surface area contributed by atoms with Gasteiger partial charge in [0.2, 0.25) is 0 Å². The van der Waals surface area contributed by atoms with Gasteiger partial charge < -0.3 is 10.2 Å². The Kier molecular flexibility index (Phi) is 7.37.